The summed E-state index contributed by atoms with van der Waals surface area (Å²) in [5, 5.41) is 0.612. The van der Waals surface area contributed by atoms with Crippen molar-refractivity contribution < 1.29 is 14.3 Å². The van der Waals surface area contributed by atoms with E-state index in [-0.39, 0.29) is 6.42 Å². The molecule has 0 bridgehead atoms. The summed E-state index contributed by atoms with van der Waals surface area (Å²) >= 11 is 5.72. The minimum Gasteiger partial charge on any atom is -0.393 e. The number of hydrogen-bond donors (Lipinski definition) is 0. The maximum atomic E-state index is 11.4. The quantitative estimate of drug-likeness (QED) is 0.599. The summed E-state index contributed by atoms with van der Waals surface area (Å²) in [7, 11) is 0. The highest BCUT2D eigenvalue weighted by atomic mass is 35.5. The molecular weight excluding hydrogens is 240 g/mol. The summed E-state index contributed by atoms with van der Waals surface area (Å²) in [5.74, 6) is -0.973. The average molecular weight is 255 g/mol. The Balaban J connectivity index is 2.39. The summed E-state index contributed by atoms with van der Waals surface area (Å²) in [4.78, 5) is 22.6. The van der Waals surface area contributed by atoms with Crippen molar-refractivity contribution in [1.29, 1.82) is 0 Å². The molecule has 0 aliphatic rings. The molecule has 1 rings (SSSR count). The Morgan fingerprint density at radius 1 is 1.18 bits per heavy atom. The Morgan fingerprint density at radius 3 is 2.41 bits per heavy atom. The minimum atomic E-state index is -0.520. The second kappa shape index (κ2) is 7.07. The number of carbonyl (C=O) groups is 2. The summed E-state index contributed by atoms with van der Waals surface area (Å²) < 4.78 is 4.68. The summed E-state index contributed by atoms with van der Waals surface area (Å²) in [5.41, 5.74) is 0.780. The predicted octanol–water partition coefficient (Wildman–Crippen LogP) is 3.14. The van der Waals surface area contributed by atoms with Crippen LogP contribution in [-0.2, 0) is 20.7 Å². The fourth-order valence-corrected chi connectivity index (χ4v) is 1.43. The van der Waals surface area contributed by atoms with Crippen molar-refractivity contribution in [2.24, 2.45) is 0 Å². The molecule has 17 heavy (non-hydrogen) atoms. The lowest BCUT2D eigenvalue weighted by Gasteiger charge is -2.02. The van der Waals surface area contributed by atoms with E-state index in [2.05, 4.69) is 4.74 Å². The van der Waals surface area contributed by atoms with E-state index in [0.717, 1.165) is 18.4 Å². The number of hydrogen-bond acceptors (Lipinski definition) is 3. The molecule has 3 nitrogen and oxygen atoms in total. The van der Waals surface area contributed by atoms with Crippen LogP contribution in [0.1, 0.15) is 31.7 Å². The number of benzene rings is 1. The van der Waals surface area contributed by atoms with E-state index in [9.17, 15) is 9.59 Å². The molecule has 0 radical (unpaired) electrons. The lowest BCUT2D eigenvalue weighted by Crippen LogP contribution is -2.14. The number of esters is 2. The molecule has 0 atom stereocenters. The van der Waals surface area contributed by atoms with Gasteiger partial charge in [-0.15, -0.1) is 0 Å². The van der Waals surface area contributed by atoms with Crippen LogP contribution in [0.15, 0.2) is 24.3 Å². The lowest BCUT2D eigenvalue weighted by atomic mass is 10.1. The standard InChI is InChI=1S/C13H15ClO3/c1-2-3-4-12(15)17-13(16)9-10-5-7-11(14)8-6-10/h5-8H,2-4,9H2,1H3. The first-order chi connectivity index (χ1) is 8.11. The molecule has 0 fully saturated rings. The zero-order chi connectivity index (χ0) is 12.7. The number of halogens is 1. The lowest BCUT2D eigenvalue weighted by molar-refractivity contribution is -0.159. The van der Waals surface area contributed by atoms with Gasteiger partial charge in [-0.1, -0.05) is 37.1 Å². The van der Waals surface area contributed by atoms with Gasteiger partial charge in [0, 0.05) is 11.4 Å². The Hall–Kier alpha value is -1.35. The molecule has 0 N–H and O–H groups in total. The molecule has 92 valence electrons. The summed E-state index contributed by atoms with van der Waals surface area (Å²) in [6, 6.07) is 6.87. The summed E-state index contributed by atoms with van der Waals surface area (Å²) in [6.45, 7) is 1.98. The number of rotatable bonds is 5. The Bertz CT molecular complexity index is 384. The molecule has 0 amide bonds. The van der Waals surface area contributed by atoms with Crippen molar-refractivity contribution in [1.82, 2.24) is 0 Å². The zero-order valence-electron chi connectivity index (χ0n) is 9.74. The Labute approximate surface area is 106 Å². The van der Waals surface area contributed by atoms with Crippen molar-refractivity contribution in [3.63, 3.8) is 0 Å². The van der Waals surface area contributed by atoms with Crippen molar-refractivity contribution in [2.75, 3.05) is 0 Å². The van der Waals surface area contributed by atoms with E-state index in [1.165, 1.54) is 0 Å². The van der Waals surface area contributed by atoms with E-state index in [4.69, 9.17) is 11.6 Å². The zero-order valence-corrected chi connectivity index (χ0v) is 10.5. The first-order valence-corrected chi connectivity index (χ1v) is 5.97. The second-order valence-corrected chi connectivity index (χ2v) is 4.19. The molecule has 0 aliphatic heterocycles. The van der Waals surface area contributed by atoms with Gasteiger partial charge in [0.1, 0.15) is 0 Å². The highest BCUT2D eigenvalue weighted by Gasteiger charge is 2.10. The highest BCUT2D eigenvalue weighted by molar-refractivity contribution is 6.30. The second-order valence-electron chi connectivity index (χ2n) is 3.75. The van der Waals surface area contributed by atoms with Crippen molar-refractivity contribution in [3.8, 4) is 0 Å². The van der Waals surface area contributed by atoms with E-state index < -0.39 is 11.9 Å². The monoisotopic (exact) mass is 254 g/mol. The fraction of sp³-hybridized carbons (Fsp3) is 0.385. The van der Waals surface area contributed by atoms with Crippen LogP contribution >= 0.6 is 11.6 Å². The van der Waals surface area contributed by atoms with Crippen LogP contribution in [0.5, 0.6) is 0 Å². The molecule has 0 saturated heterocycles. The molecule has 0 aliphatic carbocycles. The third kappa shape index (κ3) is 5.50. The van der Waals surface area contributed by atoms with E-state index in [1.54, 1.807) is 24.3 Å². The van der Waals surface area contributed by atoms with Crippen molar-refractivity contribution >= 4 is 23.5 Å². The van der Waals surface area contributed by atoms with E-state index in [1.807, 2.05) is 6.92 Å². The van der Waals surface area contributed by atoms with E-state index in [0.29, 0.717) is 11.4 Å². The fourth-order valence-electron chi connectivity index (χ4n) is 1.30. The molecular formula is C13H15ClO3. The van der Waals surface area contributed by atoms with Gasteiger partial charge in [-0.25, -0.2) is 0 Å². The Kier molecular flexibility index (Phi) is 5.70. The maximum Gasteiger partial charge on any atom is 0.317 e. The molecule has 0 unspecified atom stereocenters. The first kappa shape index (κ1) is 13.7. The Morgan fingerprint density at radius 2 is 1.82 bits per heavy atom. The van der Waals surface area contributed by atoms with Crippen LogP contribution in [0, 0.1) is 0 Å². The van der Waals surface area contributed by atoms with Gasteiger partial charge < -0.3 is 4.74 Å². The molecule has 0 heterocycles. The maximum absolute atomic E-state index is 11.4. The molecule has 0 aromatic heterocycles. The third-order valence-electron chi connectivity index (χ3n) is 2.22. The van der Waals surface area contributed by atoms with Gasteiger partial charge in [0.05, 0.1) is 6.42 Å². The van der Waals surface area contributed by atoms with Gasteiger partial charge >= 0.3 is 11.9 Å². The van der Waals surface area contributed by atoms with Crippen LogP contribution < -0.4 is 0 Å². The van der Waals surface area contributed by atoms with Gasteiger partial charge in [0.15, 0.2) is 0 Å². The van der Waals surface area contributed by atoms with Crippen LogP contribution in [0.2, 0.25) is 5.02 Å². The largest absolute Gasteiger partial charge is 0.393 e. The van der Waals surface area contributed by atoms with Gasteiger partial charge in [0.25, 0.3) is 0 Å². The number of unbranched alkanes of at least 4 members (excludes halogenated alkanes) is 1. The van der Waals surface area contributed by atoms with Crippen molar-refractivity contribution in [2.45, 2.75) is 32.6 Å². The van der Waals surface area contributed by atoms with E-state index >= 15 is 0 Å². The summed E-state index contributed by atoms with van der Waals surface area (Å²) in [6.07, 6.45) is 2.03. The van der Waals surface area contributed by atoms with Crippen molar-refractivity contribution in [3.05, 3.63) is 34.9 Å². The normalized spacial score (nSPS) is 10.0. The van der Waals surface area contributed by atoms with Crippen LogP contribution in [-0.4, -0.2) is 11.9 Å². The molecule has 1 aromatic rings. The first-order valence-electron chi connectivity index (χ1n) is 5.59. The molecule has 1 aromatic carbocycles. The average Bonchev–Trinajstić information content (AvgIpc) is 2.29. The minimum absolute atomic E-state index is 0.0923. The van der Waals surface area contributed by atoms with Crippen LogP contribution in [0.3, 0.4) is 0 Å². The van der Waals surface area contributed by atoms with Crippen LogP contribution in [0.25, 0.3) is 0 Å². The number of carbonyl (C=O) groups excluding carboxylic acids is 2. The molecule has 0 spiro atoms. The smallest absolute Gasteiger partial charge is 0.317 e. The highest BCUT2D eigenvalue weighted by Crippen LogP contribution is 2.10. The van der Waals surface area contributed by atoms with Gasteiger partial charge in [0.2, 0.25) is 0 Å². The SMILES string of the molecule is CCCCC(=O)OC(=O)Cc1ccc(Cl)cc1. The number of ether oxygens (including phenoxy) is 1. The van der Waals surface area contributed by atoms with Gasteiger partial charge in [-0.3, -0.25) is 9.59 Å². The van der Waals surface area contributed by atoms with Gasteiger partial charge in [-0.05, 0) is 24.1 Å². The molecule has 4 heteroatoms. The topological polar surface area (TPSA) is 43.4 Å². The predicted molar refractivity (Wildman–Crippen MR) is 65.8 cm³/mol. The molecule has 0 saturated carbocycles. The van der Waals surface area contributed by atoms with Gasteiger partial charge in [-0.2, -0.15) is 0 Å². The third-order valence-corrected chi connectivity index (χ3v) is 2.48. The van der Waals surface area contributed by atoms with Crippen LogP contribution in [0.4, 0.5) is 0 Å².